The van der Waals surface area contributed by atoms with Crippen LogP contribution in [0.2, 0.25) is 0 Å². The van der Waals surface area contributed by atoms with Gasteiger partial charge in [-0.05, 0) is 13.3 Å². The molecule has 1 aliphatic rings. The van der Waals surface area contributed by atoms with Gasteiger partial charge in [0.1, 0.15) is 5.82 Å². The summed E-state index contributed by atoms with van der Waals surface area (Å²) in [5.74, 6) is 1.56. The van der Waals surface area contributed by atoms with Gasteiger partial charge in [0.2, 0.25) is 11.9 Å². The molecule has 0 fully saturated rings. The number of nitrogens with zero attached hydrogens (tertiary/aromatic N) is 7. The van der Waals surface area contributed by atoms with Crippen LogP contribution in [-0.2, 0) is 24.3 Å². The molecule has 9 nitrogen and oxygen atoms in total. The smallest absolute Gasteiger partial charge is 0.227 e. The molecule has 9 heteroatoms. The molecule has 0 bridgehead atoms. The number of anilines is 2. The molecule has 3 rings (SSSR count). The number of fused-ring (bicyclic) bond motifs is 1. The van der Waals surface area contributed by atoms with Crippen LogP contribution in [0.1, 0.15) is 23.9 Å². The van der Waals surface area contributed by atoms with Gasteiger partial charge in [-0.3, -0.25) is 9.48 Å². The second-order valence-electron chi connectivity index (χ2n) is 6.43. The highest BCUT2D eigenvalue weighted by Crippen LogP contribution is 2.25. The van der Waals surface area contributed by atoms with Crippen molar-refractivity contribution >= 4 is 17.7 Å². The quantitative estimate of drug-likeness (QED) is 0.842. The van der Waals surface area contributed by atoms with E-state index in [1.807, 2.05) is 37.0 Å². The number of amides is 1. The minimum Gasteiger partial charge on any atom is -0.368 e. The first kappa shape index (κ1) is 17.1. The van der Waals surface area contributed by atoms with Crippen LogP contribution in [0, 0.1) is 6.92 Å². The molecule has 1 N–H and O–H groups in total. The zero-order valence-corrected chi connectivity index (χ0v) is 15.2. The van der Waals surface area contributed by atoms with Crippen LogP contribution in [0.4, 0.5) is 11.8 Å². The highest BCUT2D eigenvalue weighted by atomic mass is 16.2. The number of carbonyl (C=O) groups is 1. The molecule has 1 aliphatic heterocycles. The van der Waals surface area contributed by atoms with E-state index in [2.05, 4.69) is 25.6 Å². The third-order valence-corrected chi connectivity index (χ3v) is 4.19. The minimum atomic E-state index is 0.0757. The molecule has 1 amide bonds. The molecule has 134 valence electrons. The average Bonchev–Trinajstić information content (AvgIpc) is 2.99. The van der Waals surface area contributed by atoms with E-state index in [1.54, 1.807) is 11.6 Å². The number of hydrogen-bond donors (Lipinski definition) is 1. The lowest BCUT2D eigenvalue weighted by Gasteiger charge is -2.29. The van der Waals surface area contributed by atoms with E-state index in [4.69, 9.17) is 0 Å². The monoisotopic (exact) mass is 344 g/mol. The first-order valence-electron chi connectivity index (χ1n) is 8.37. The van der Waals surface area contributed by atoms with Gasteiger partial charge >= 0.3 is 0 Å². The van der Waals surface area contributed by atoms with Gasteiger partial charge in [0.15, 0.2) is 0 Å². The highest BCUT2D eigenvalue weighted by molar-refractivity contribution is 5.73. The Hall–Kier alpha value is -2.71. The number of nitrogens with one attached hydrogen (secondary N) is 1. The van der Waals surface area contributed by atoms with Gasteiger partial charge in [0.05, 0.1) is 24.5 Å². The Balaban J connectivity index is 1.79. The second kappa shape index (κ2) is 7.04. The van der Waals surface area contributed by atoms with E-state index < -0.39 is 0 Å². The third-order valence-electron chi connectivity index (χ3n) is 4.19. The Bertz CT molecular complexity index is 769. The summed E-state index contributed by atoms with van der Waals surface area (Å²) in [6.07, 6.45) is 2.67. The van der Waals surface area contributed by atoms with Crippen molar-refractivity contribution in [1.82, 2.24) is 29.9 Å². The van der Waals surface area contributed by atoms with Crippen LogP contribution in [0.5, 0.6) is 0 Å². The fraction of sp³-hybridized carbons (Fsp3) is 0.562. The van der Waals surface area contributed by atoms with Crippen molar-refractivity contribution in [2.75, 3.05) is 37.4 Å². The molecule has 25 heavy (non-hydrogen) atoms. The SMILES string of the molecule is CC(=O)N1CCc2c(nc(N(C)C)nc2NCCn2cc(C)nn2)C1. The maximum absolute atomic E-state index is 11.7. The Morgan fingerprint density at radius 2 is 2.16 bits per heavy atom. The number of aromatic nitrogens is 5. The molecule has 0 aliphatic carbocycles. The molecule has 0 unspecified atom stereocenters. The van der Waals surface area contributed by atoms with Crippen LogP contribution in [0.15, 0.2) is 6.20 Å². The van der Waals surface area contributed by atoms with Crippen molar-refractivity contribution < 1.29 is 4.79 Å². The number of rotatable bonds is 5. The van der Waals surface area contributed by atoms with Gasteiger partial charge in [0, 0.05) is 45.9 Å². The van der Waals surface area contributed by atoms with Gasteiger partial charge < -0.3 is 15.1 Å². The van der Waals surface area contributed by atoms with Crippen LogP contribution >= 0.6 is 0 Å². The summed E-state index contributed by atoms with van der Waals surface area (Å²) in [6, 6.07) is 0. The third kappa shape index (κ3) is 3.86. The molecule has 0 atom stereocenters. The number of hydrogen-bond acceptors (Lipinski definition) is 7. The van der Waals surface area contributed by atoms with Gasteiger partial charge in [-0.2, -0.15) is 4.98 Å². The van der Waals surface area contributed by atoms with Gasteiger partial charge in [-0.25, -0.2) is 4.98 Å². The van der Waals surface area contributed by atoms with Crippen molar-refractivity contribution in [3.63, 3.8) is 0 Å². The summed E-state index contributed by atoms with van der Waals surface area (Å²) in [4.78, 5) is 24.7. The predicted octanol–water partition coefficient (Wildman–Crippen LogP) is 0.459. The lowest BCUT2D eigenvalue weighted by Crippen LogP contribution is -2.36. The highest BCUT2D eigenvalue weighted by Gasteiger charge is 2.24. The number of aryl methyl sites for hydroxylation is 1. The standard InChI is InChI=1S/C16H24N8O/c1-11-9-24(21-20-11)8-6-17-15-13-5-7-23(12(2)25)10-14(13)18-16(19-15)22(3)4/h9H,5-8,10H2,1-4H3,(H,17,18,19). The lowest BCUT2D eigenvalue weighted by atomic mass is 10.1. The molecule has 2 aromatic heterocycles. The van der Waals surface area contributed by atoms with Crippen LogP contribution in [0.3, 0.4) is 0 Å². The Morgan fingerprint density at radius 1 is 1.36 bits per heavy atom. The van der Waals surface area contributed by atoms with Gasteiger partial charge in [-0.1, -0.05) is 5.21 Å². The lowest BCUT2D eigenvalue weighted by molar-refractivity contribution is -0.129. The Morgan fingerprint density at radius 3 is 2.80 bits per heavy atom. The van der Waals surface area contributed by atoms with E-state index >= 15 is 0 Å². The summed E-state index contributed by atoms with van der Waals surface area (Å²) >= 11 is 0. The molecule has 0 saturated heterocycles. The summed E-state index contributed by atoms with van der Waals surface area (Å²) in [5.41, 5.74) is 2.91. The van der Waals surface area contributed by atoms with Crippen LogP contribution in [-0.4, -0.2) is 63.0 Å². The second-order valence-corrected chi connectivity index (χ2v) is 6.43. The van der Waals surface area contributed by atoms with Crippen molar-refractivity contribution in [3.05, 3.63) is 23.1 Å². The fourth-order valence-electron chi connectivity index (χ4n) is 2.83. The first-order valence-corrected chi connectivity index (χ1v) is 8.37. The predicted molar refractivity (Wildman–Crippen MR) is 94.4 cm³/mol. The molecule has 0 aromatic carbocycles. The van der Waals surface area contributed by atoms with E-state index in [0.717, 1.165) is 29.2 Å². The van der Waals surface area contributed by atoms with Gasteiger partial charge in [-0.15, -0.1) is 5.10 Å². The summed E-state index contributed by atoms with van der Waals surface area (Å²) < 4.78 is 1.81. The zero-order valence-electron chi connectivity index (χ0n) is 15.2. The average molecular weight is 344 g/mol. The zero-order chi connectivity index (χ0) is 18.0. The van der Waals surface area contributed by atoms with Crippen molar-refractivity contribution in [3.8, 4) is 0 Å². The maximum atomic E-state index is 11.7. The van der Waals surface area contributed by atoms with Gasteiger partial charge in [0.25, 0.3) is 0 Å². The summed E-state index contributed by atoms with van der Waals surface area (Å²) in [7, 11) is 3.82. The Labute approximate surface area is 147 Å². The molecular weight excluding hydrogens is 320 g/mol. The topological polar surface area (TPSA) is 92.1 Å². The normalized spacial score (nSPS) is 13.5. The van der Waals surface area contributed by atoms with Crippen molar-refractivity contribution in [2.24, 2.45) is 0 Å². The first-order chi connectivity index (χ1) is 11.9. The van der Waals surface area contributed by atoms with E-state index in [-0.39, 0.29) is 5.91 Å². The van der Waals surface area contributed by atoms with Crippen molar-refractivity contribution in [2.45, 2.75) is 33.4 Å². The number of carbonyl (C=O) groups excluding carboxylic acids is 1. The fourth-order valence-corrected chi connectivity index (χ4v) is 2.83. The molecule has 3 heterocycles. The van der Waals surface area contributed by atoms with Crippen molar-refractivity contribution in [1.29, 1.82) is 0 Å². The van der Waals surface area contributed by atoms with E-state index in [1.165, 1.54) is 0 Å². The molecule has 0 spiro atoms. The van der Waals surface area contributed by atoms with Crippen LogP contribution in [0.25, 0.3) is 0 Å². The Kier molecular flexibility index (Phi) is 4.82. The summed E-state index contributed by atoms with van der Waals surface area (Å²) in [5, 5.41) is 11.4. The molecular formula is C16H24N8O. The minimum absolute atomic E-state index is 0.0757. The maximum Gasteiger partial charge on any atom is 0.227 e. The largest absolute Gasteiger partial charge is 0.368 e. The molecule has 0 radical (unpaired) electrons. The summed E-state index contributed by atoms with van der Waals surface area (Å²) in [6.45, 7) is 6.14. The van der Waals surface area contributed by atoms with E-state index in [0.29, 0.717) is 32.1 Å². The van der Waals surface area contributed by atoms with E-state index in [9.17, 15) is 4.79 Å². The molecule has 0 saturated carbocycles. The molecule has 2 aromatic rings. The van der Waals surface area contributed by atoms with Crippen LogP contribution < -0.4 is 10.2 Å².